The van der Waals surface area contributed by atoms with E-state index in [0.717, 1.165) is 24.0 Å². The molecular weight excluding hydrogens is 441 g/mol. The van der Waals surface area contributed by atoms with E-state index < -0.39 is 0 Å². The number of fused-ring (bicyclic) bond motifs is 5. The van der Waals surface area contributed by atoms with Crippen LogP contribution in [-0.2, 0) is 4.74 Å². The van der Waals surface area contributed by atoms with Gasteiger partial charge in [0.1, 0.15) is 18.2 Å². The molecule has 5 heteroatoms. The lowest BCUT2D eigenvalue weighted by atomic mass is 9.94. The second-order valence-electron chi connectivity index (χ2n) is 9.48. The molecule has 1 fully saturated rings. The van der Waals surface area contributed by atoms with Gasteiger partial charge in [-0.1, -0.05) is 54.6 Å². The van der Waals surface area contributed by atoms with Crippen LogP contribution < -0.4 is 4.74 Å². The van der Waals surface area contributed by atoms with Crippen LogP contribution in [0.4, 0.5) is 9.18 Å². The summed E-state index contributed by atoms with van der Waals surface area (Å²) in [6.45, 7) is 2.76. The smallest absolute Gasteiger partial charge is 0.410 e. The van der Waals surface area contributed by atoms with E-state index in [2.05, 4.69) is 42.5 Å². The van der Waals surface area contributed by atoms with E-state index in [4.69, 9.17) is 9.47 Å². The maximum Gasteiger partial charge on any atom is 0.410 e. The topological polar surface area (TPSA) is 38.8 Å². The Labute approximate surface area is 205 Å². The van der Waals surface area contributed by atoms with Gasteiger partial charge >= 0.3 is 6.09 Å². The van der Waals surface area contributed by atoms with E-state index in [1.807, 2.05) is 24.0 Å². The average Bonchev–Trinajstić information content (AvgIpc) is 3.34. The van der Waals surface area contributed by atoms with Crippen molar-refractivity contribution in [2.45, 2.75) is 44.2 Å². The highest BCUT2D eigenvalue weighted by Crippen LogP contribution is 2.45. The van der Waals surface area contributed by atoms with Crippen LogP contribution in [0, 0.1) is 5.82 Å². The van der Waals surface area contributed by atoms with Crippen LogP contribution in [0.15, 0.2) is 72.8 Å². The van der Waals surface area contributed by atoms with Gasteiger partial charge in [0.05, 0.1) is 12.6 Å². The molecule has 3 aromatic carbocycles. The minimum Gasteiger partial charge on any atom is -0.493 e. The Morgan fingerprint density at radius 2 is 1.69 bits per heavy atom. The molecule has 2 unspecified atom stereocenters. The van der Waals surface area contributed by atoms with E-state index in [0.29, 0.717) is 25.4 Å². The second kappa shape index (κ2) is 8.88. The first-order chi connectivity index (χ1) is 17.1. The summed E-state index contributed by atoms with van der Waals surface area (Å²) in [6.07, 6.45) is 4.30. The first-order valence-corrected chi connectivity index (χ1v) is 12.4. The molecule has 1 amide bonds. The second-order valence-corrected chi connectivity index (χ2v) is 9.48. The number of hydrogen-bond acceptors (Lipinski definition) is 3. The van der Waals surface area contributed by atoms with Crippen LogP contribution in [0.3, 0.4) is 0 Å². The number of carbonyl (C=O) groups is 1. The summed E-state index contributed by atoms with van der Waals surface area (Å²) >= 11 is 0. The average molecular weight is 470 g/mol. The van der Waals surface area contributed by atoms with Crippen molar-refractivity contribution in [3.63, 3.8) is 0 Å². The summed E-state index contributed by atoms with van der Waals surface area (Å²) in [5, 5.41) is 0. The number of halogens is 1. The van der Waals surface area contributed by atoms with Gasteiger partial charge in [0.25, 0.3) is 0 Å². The molecule has 0 saturated carbocycles. The van der Waals surface area contributed by atoms with Gasteiger partial charge < -0.3 is 9.47 Å². The number of amides is 1. The fourth-order valence-electron chi connectivity index (χ4n) is 6.02. The quantitative estimate of drug-likeness (QED) is 0.413. The zero-order valence-corrected chi connectivity index (χ0v) is 19.7. The van der Waals surface area contributed by atoms with Crippen LogP contribution >= 0.6 is 0 Å². The summed E-state index contributed by atoms with van der Waals surface area (Å²) < 4.78 is 25.8. The van der Waals surface area contributed by atoms with Crippen LogP contribution in [-0.4, -0.2) is 36.3 Å². The van der Waals surface area contributed by atoms with E-state index in [9.17, 15) is 9.18 Å². The van der Waals surface area contributed by atoms with Crippen molar-refractivity contribution < 1.29 is 18.7 Å². The third-order valence-electron chi connectivity index (χ3n) is 7.53. The SMILES string of the molecule is CCOc1ccc(F)cc1C1=CC2CCC(C1)N2C(=O)OCC1c2ccccc2-c2ccccc21. The van der Waals surface area contributed by atoms with Gasteiger partial charge in [0.2, 0.25) is 0 Å². The van der Waals surface area contributed by atoms with Gasteiger partial charge in [-0.2, -0.15) is 0 Å². The van der Waals surface area contributed by atoms with Crippen molar-refractivity contribution in [1.29, 1.82) is 0 Å². The number of hydrogen-bond donors (Lipinski definition) is 0. The molecule has 3 aromatic rings. The van der Waals surface area contributed by atoms with Gasteiger partial charge in [-0.25, -0.2) is 9.18 Å². The maximum atomic E-state index is 14.0. The predicted molar refractivity (Wildman–Crippen MR) is 134 cm³/mol. The Bertz CT molecular complexity index is 1270. The number of ether oxygens (including phenoxy) is 2. The lowest BCUT2D eigenvalue weighted by Crippen LogP contribution is -2.43. The fraction of sp³-hybridized carbons (Fsp3) is 0.300. The maximum absolute atomic E-state index is 14.0. The molecule has 2 aliphatic heterocycles. The van der Waals surface area contributed by atoms with Gasteiger partial charge in [0, 0.05) is 17.5 Å². The van der Waals surface area contributed by atoms with E-state index in [1.54, 1.807) is 12.1 Å². The summed E-state index contributed by atoms with van der Waals surface area (Å²) in [4.78, 5) is 15.2. The zero-order valence-electron chi connectivity index (χ0n) is 19.7. The summed E-state index contributed by atoms with van der Waals surface area (Å²) in [5.41, 5.74) is 6.68. The Morgan fingerprint density at radius 1 is 0.971 bits per heavy atom. The summed E-state index contributed by atoms with van der Waals surface area (Å²) in [7, 11) is 0. The molecule has 6 rings (SSSR count). The van der Waals surface area contributed by atoms with Crippen molar-refractivity contribution in [1.82, 2.24) is 4.90 Å². The van der Waals surface area contributed by atoms with Gasteiger partial charge in [0.15, 0.2) is 0 Å². The zero-order chi connectivity index (χ0) is 23.9. The molecule has 2 atom stereocenters. The third kappa shape index (κ3) is 3.79. The van der Waals surface area contributed by atoms with Crippen molar-refractivity contribution in [3.8, 4) is 16.9 Å². The molecule has 1 aliphatic carbocycles. The standard InChI is InChI=1S/C30H28FNO3/c1-2-34-29-14-11-20(31)17-27(29)19-15-21-12-13-22(16-19)32(21)30(33)35-18-28-25-9-5-3-7-23(25)24-8-4-6-10-26(24)28/h3-11,14-15,17,21-22,28H,2,12-13,16,18H2,1H3. The van der Waals surface area contributed by atoms with Crippen molar-refractivity contribution in [2.75, 3.05) is 13.2 Å². The minimum atomic E-state index is -0.282. The van der Waals surface area contributed by atoms with E-state index >= 15 is 0 Å². The number of carbonyl (C=O) groups excluding carboxylic acids is 1. The van der Waals surface area contributed by atoms with Crippen LogP contribution in [0.5, 0.6) is 5.75 Å². The highest BCUT2D eigenvalue weighted by molar-refractivity contribution is 5.80. The highest BCUT2D eigenvalue weighted by Gasteiger charge is 2.41. The van der Waals surface area contributed by atoms with Crippen LogP contribution in [0.25, 0.3) is 16.7 Å². The molecule has 0 aromatic heterocycles. The Hall–Kier alpha value is -3.60. The molecule has 3 aliphatic rings. The van der Waals surface area contributed by atoms with Crippen molar-refractivity contribution in [3.05, 3.63) is 95.3 Å². The number of benzene rings is 3. The van der Waals surface area contributed by atoms with Crippen molar-refractivity contribution >= 4 is 11.7 Å². The highest BCUT2D eigenvalue weighted by atomic mass is 19.1. The Balaban J connectivity index is 1.21. The minimum absolute atomic E-state index is 0.0425. The largest absolute Gasteiger partial charge is 0.493 e. The molecule has 0 spiro atoms. The van der Waals surface area contributed by atoms with Gasteiger partial charge in [-0.15, -0.1) is 0 Å². The molecular formula is C30H28FNO3. The Kier molecular flexibility index (Phi) is 5.56. The molecule has 2 bridgehead atoms. The van der Waals surface area contributed by atoms with Crippen LogP contribution in [0.1, 0.15) is 48.8 Å². The number of nitrogens with zero attached hydrogens (tertiary/aromatic N) is 1. The van der Waals surface area contributed by atoms with Gasteiger partial charge in [-0.3, -0.25) is 4.90 Å². The fourth-order valence-corrected chi connectivity index (χ4v) is 6.02. The molecule has 178 valence electrons. The number of rotatable bonds is 5. The first kappa shape index (κ1) is 21.9. The molecule has 35 heavy (non-hydrogen) atoms. The van der Waals surface area contributed by atoms with Gasteiger partial charge in [-0.05, 0) is 72.2 Å². The van der Waals surface area contributed by atoms with E-state index in [-0.39, 0.29) is 29.9 Å². The molecule has 0 N–H and O–H groups in total. The first-order valence-electron chi connectivity index (χ1n) is 12.4. The monoisotopic (exact) mass is 469 g/mol. The molecule has 1 saturated heterocycles. The predicted octanol–water partition coefficient (Wildman–Crippen LogP) is 6.79. The summed E-state index contributed by atoms with van der Waals surface area (Å²) in [6, 6.07) is 21.4. The summed E-state index contributed by atoms with van der Waals surface area (Å²) in [5.74, 6) is 0.450. The lowest BCUT2D eigenvalue weighted by Gasteiger charge is -2.34. The van der Waals surface area contributed by atoms with Crippen molar-refractivity contribution in [2.24, 2.45) is 0 Å². The molecule has 4 nitrogen and oxygen atoms in total. The lowest BCUT2D eigenvalue weighted by molar-refractivity contribution is 0.0866. The molecule has 2 heterocycles. The van der Waals surface area contributed by atoms with E-state index in [1.165, 1.54) is 28.3 Å². The van der Waals surface area contributed by atoms with Crippen LogP contribution in [0.2, 0.25) is 0 Å². The third-order valence-corrected chi connectivity index (χ3v) is 7.53. The normalized spacial score (nSPS) is 20.3. The Morgan fingerprint density at radius 3 is 2.37 bits per heavy atom. The molecule has 0 radical (unpaired) electrons.